The van der Waals surface area contributed by atoms with E-state index in [0.717, 1.165) is 57.2 Å². The van der Waals surface area contributed by atoms with Crippen LogP contribution in [0.25, 0.3) is 0 Å². The Morgan fingerprint density at radius 2 is 0.938 bits per heavy atom. The SMILES string of the molecule is CCCCCCCCC(CCCCCCC)OC(=O)CCCCCCCN(CCO)CCCCCCCCC1CC1CCCCCCC. The van der Waals surface area contributed by atoms with Crippen molar-refractivity contribution in [3.8, 4) is 0 Å². The van der Waals surface area contributed by atoms with Gasteiger partial charge in [0.25, 0.3) is 0 Å². The van der Waals surface area contributed by atoms with E-state index in [2.05, 4.69) is 25.7 Å². The number of unbranched alkanes of at least 4 members (excludes halogenated alkanes) is 22. The summed E-state index contributed by atoms with van der Waals surface area (Å²) < 4.78 is 6.01. The van der Waals surface area contributed by atoms with Gasteiger partial charge in [0.15, 0.2) is 0 Å². The van der Waals surface area contributed by atoms with Crippen molar-refractivity contribution in [1.82, 2.24) is 4.90 Å². The maximum absolute atomic E-state index is 12.7. The summed E-state index contributed by atoms with van der Waals surface area (Å²) in [7, 11) is 0. The monoisotopic (exact) mass is 678 g/mol. The van der Waals surface area contributed by atoms with Gasteiger partial charge < -0.3 is 14.7 Å². The molecule has 0 spiro atoms. The average Bonchev–Trinajstić information content (AvgIpc) is 3.84. The summed E-state index contributed by atoms with van der Waals surface area (Å²) in [5, 5.41) is 9.56. The van der Waals surface area contributed by atoms with Gasteiger partial charge in [0.05, 0.1) is 6.61 Å². The van der Waals surface area contributed by atoms with Gasteiger partial charge in [-0.25, -0.2) is 0 Å². The Balaban J connectivity index is 2.04. The van der Waals surface area contributed by atoms with Crippen LogP contribution in [-0.2, 0) is 9.53 Å². The number of ether oxygens (including phenoxy) is 1. The van der Waals surface area contributed by atoms with Gasteiger partial charge in [0.1, 0.15) is 6.10 Å². The minimum Gasteiger partial charge on any atom is -0.462 e. The fourth-order valence-corrected chi connectivity index (χ4v) is 7.72. The summed E-state index contributed by atoms with van der Waals surface area (Å²) in [5.74, 6) is 2.19. The van der Waals surface area contributed by atoms with Crippen LogP contribution >= 0.6 is 0 Å². The maximum atomic E-state index is 12.7. The zero-order chi connectivity index (χ0) is 34.8. The van der Waals surface area contributed by atoms with Crippen molar-refractivity contribution < 1.29 is 14.6 Å². The van der Waals surface area contributed by atoms with Crippen LogP contribution in [0.15, 0.2) is 0 Å². The molecule has 0 aliphatic heterocycles. The first-order valence-electron chi connectivity index (χ1n) is 22.2. The highest BCUT2D eigenvalue weighted by molar-refractivity contribution is 5.69. The third-order valence-electron chi connectivity index (χ3n) is 11.1. The minimum absolute atomic E-state index is 0.0358. The highest BCUT2D eigenvalue weighted by atomic mass is 16.5. The minimum atomic E-state index is 0.0358. The molecular formula is C44H87NO3. The van der Waals surface area contributed by atoms with Gasteiger partial charge in [-0.05, 0) is 76.3 Å². The fraction of sp³-hybridized carbons (Fsp3) is 0.977. The van der Waals surface area contributed by atoms with E-state index in [-0.39, 0.29) is 18.7 Å². The molecule has 0 aromatic carbocycles. The van der Waals surface area contributed by atoms with Gasteiger partial charge in [-0.1, -0.05) is 175 Å². The van der Waals surface area contributed by atoms with Crippen LogP contribution in [-0.4, -0.2) is 48.3 Å². The Morgan fingerprint density at radius 3 is 1.40 bits per heavy atom. The number of rotatable bonds is 39. The van der Waals surface area contributed by atoms with E-state index in [0.29, 0.717) is 6.42 Å². The van der Waals surface area contributed by atoms with Gasteiger partial charge in [0.2, 0.25) is 0 Å². The van der Waals surface area contributed by atoms with Crippen molar-refractivity contribution in [2.45, 2.75) is 239 Å². The highest BCUT2D eigenvalue weighted by Gasteiger charge is 2.35. The normalized spacial score (nSPS) is 16.5. The summed E-state index contributed by atoms with van der Waals surface area (Å²) in [6, 6.07) is 0. The fourth-order valence-electron chi connectivity index (χ4n) is 7.72. The van der Waals surface area contributed by atoms with E-state index in [1.54, 1.807) is 0 Å². The number of carbonyl (C=O) groups is 1. The van der Waals surface area contributed by atoms with Crippen molar-refractivity contribution in [3.05, 3.63) is 0 Å². The summed E-state index contributed by atoms with van der Waals surface area (Å²) in [6.07, 6.45) is 42.6. The Morgan fingerprint density at radius 1 is 0.542 bits per heavy atom. The molecule has 1 aliphatic rings. The molecule has 0 radical (unpaired) electrons. The summed E-state index contributed by atoms with van der Waals surface area (Å²) in [5.41, 5.74) is 0. The first-order valence-corrected chi connectivity index (χ1v) is 22.2. The Bertz CT molecular complexity index is 670. The third-order valence-corrected chi connectivity index (χ3v) is 11.1. The molecule has 1 saturated carbocycles. The predicted octanol–water partition coefficient (Wildman–Crippen LogP) is 13.4. The van der Waals surface area contributed by atoms with Crippen molar-refractivity contribution in [2.75, 3.05) is 26.2 Å². The molecular weight excluding hydrogens is 590 g/mol. The summed E-state index contributed by atoms with van der Waals surface area (Å²) >= 11 is 0. The number of carbonyl (C=O) groups excluding carboxylic acids is 1. The molecule has 1 N–H and O–H groups in total. The van der Waals surface area contributed by atoms with Crippen molar-refractivity contribution in [3.63, 3.8) is 0 Å². The molecule has 0 heterocycles. The molecule has 3 unspecified atom stereocenters. The molecule has 4 nitrogen and oxygen atoms in total. The topological polar surface area (TPSA) is 49.8 Å². The number of esters is 1. The molecule has 48 heavy (non-hydrogen) atoms. The number of nitrogens with zero attached hydrogens (tertiary/aromatic N) is 1. The van der Waals surface area contributed by atoms with E-state index in [9.17, 15) is 9.90 Å². The lowest BCUT2D eigenvalue weighted by atomic mass is 10.0. The Labute approximate surface area is 301 Å². The van der Waals surface area contributed by atoms with E-state index in [4.69, 9.17) is 4.74 Å². The van der Waals surface area contributed by atoms with Gasteiger partial charge in [-0.3, -0.25) is 4.79 Å². The number of aliphatic hydroxyl groups is 1. The van der Waals surface area contributed by atoms with Crippen LogP contribution < -0.4 is 0 Å². The maximum Gasteiger partial charge on any atom is 0.306 e. The van der Waals surface area contributed by atoms with Gasteiger partial charge >= 0.3 is 5.97 Å². The average molecular weight is 678 g/mol. The Kier molecular flexibility index (Phi) is 32.9. The van der Waals surface area contributed by atoms with Gasteiger partial charge in [-0.2, -0.15) is 0 Å². The first kappa shape index (κ1) is 45.4. The van der Waals surface area contributed by atoms with Crippen LogP contribution in [0.3, 0.4) is 0 Å². The molecule has 0 aromatic heterocycles. The molecule has 0 amide bonds. The number of hydrogen-bond donors (Lipinski definition) is 1. The molecule has 286 valence electrons. The summed E-state index contributed by atoms with van der Waals surface area (Å²) in [4.78, 5) is 15.1. The lowest BCUT2D eigenvalue weighted by Crippen LogP contribution is -2.29. The van der Waals surface area contributed by atoms with Crippen LogP contribution in [0.2, 0.25) is 0 Å². The van der Waals surface area contributed by atoms with Crippen LogP contribution in [0, 0.1) is 11.8 Å². The molecule has 4 heteroatoms. The zero-order valence-electron chi connectivity index (χ0n) is 33.1. The number of hydrogen-bond acceptors (Lipinski definition) is 4. The number of aliphatic hydroxyl groups excluding tert-OH is 1. The van der Waals surface area contributed by atoms with E-state index in [1.165, 1.54) is 180 Å². The first-order chi connectivity index (χ1) is 23.6. The highest BCUT2D eigenvalue weighted by Crippen LogP contribution is 2.45. The van der Waals surface area contributed by atoms with Crippen LogP contribution in [0.4, 0.5) is 0 Å². The van der Waals surface area contributed by atoms with Gasteiger partial charge in [-0.15, -0.1) is 0 Å². The van der Waals surface area contributed by atoms with Crippen molar-refractivity contribution in [2.24, 2.45) is 11.8 Å². The standard InChI is InChI=1S/C44H87NO3/c1-4-7-10-13-20-27-34-43(33-26-18-12-9-6-3)48-44(47)35-28-21-16-23-30-37-45(38-39-46)36-29-22-15-14-19-25-32-42-40-41(42)31-24-17-11-8-5-2/h41-43,46H,4-40H2,1-3H3. The van der Waals surface area contributed by atoms with Crippen molar-refractivity contribution >= 4 is 5.97 Å². The summed E-state index contributed by atoms with van der Waals surface area (Å²) in [6.45, 7) is 10.1. The van der Waals surface area contributed by atoms with E-state index >= 15 is 0 Å². The third kappa shape index (κ3) is 29.2. The molecule has 0 aromatic rings. The van der Waals surface area contributed by atoms with E-state index in [1.807, 2.05) is 0 Å². The van der Waals surface area contributed by atoms with E-state index < -0.39 is 0 Å². The largest absolute Gasteiger partial charge is 0.462 e. The lowest BCUT2D eigenvalue weighted by molar-refractivity contribution is -0.150. The van der Waals surface area contributed by atoms with Crippen LogP contribution in [0.1, 0.15) is 233 Å². The Hall–Kier alpha value is -0.610. The molecule has 0 bridgehead atoms. The molecule has 1 rings (SSSR count). The van der Waals surface area contributed by atoms with Crippen LogP contribution in [0.5, 0.6) is 0 Å². The van der Waals surface area contributed by atoms with Crippen molar-refractivity contribution in [1.29, 1.82) is 0 Å². The lowest BCUT2D eigenvalue weighted by Gasteiger charge is -2.21. The smallest absolute Gasteiger partial charge is 0.306 e. The second kappa shape index (κ2) is 34.8. The molecule has 1 aliphatic carbocycles. The molecule has 0 saturated heterocycles. The quantitative estimate of drug-likeness (QED) is 0.0519. The molecule has 3 atom stereocenters. The second-order valence-electron chi connectivity index (χ2n) is 15.8. The molecule has 1 fully saturated rings. The van der Waals surface area contributed by atoms with Gasteiger partial charge in [0, 0.05) is 13.0 Å². The predicted molar refractivity (Wildman–Crippen MR) is 210 cm³/mol. The second-order valence-corrected chi connectivity index (χ2v) is 15.8. The zero-order valence-corrected chi connectivity index (χ0v) is 33.1.